The smallest absolute Gasteiger partial charge is 0.285 e. The van der Waals surface area contributed by atoms with Crippen LogP contribution < -0.4 is 9.64 Å². The molecule has 0 radical (unpaired) electrons. The van der Waals surface area contributed by atoms with Crippen LogP contribution in [-0.2, 0) is 13.0 Å². The highest BCUT2D eigenvalue weighted by Crippen LogP contribution is 2.27. The molecule has 3 nitrogen and oxygen atoms in total. The Labute approximate surface area is 149 Å². The van der Waals surface area contributed by atoms with Crippen molar-refractivity contribution < 1.29 is 9.53 Å². The summed E-state index contributed by atoms with van der Waals surface area (Å²) in [4.78, 5) is 13.6. The molecule has 1 amide bonds. The standard InChI is InChI=1S/C20H25NO2S/c1-6-16-11-15(3)19(12-14(16)2)23-13-17-9-7-8-10-18(17)21(4)20(22)24-5/h7-12H,6,13H2,1-5H3. The second-order valence-electron chi connectivity index (χ2n) is 5.84. The van der Waals surface area contributed by atoms with Crippen LogP contribution in [-0.4, -0.2) is 18.5 Å². The van der Waals surface area contributed by atoms with Gasteiger partial charge in [0.2, 0.25) is 0 Å². The average molecular weight is 343 g/mol. The molecule has 2 rings (SSSR count). The van der Waals surface area contributed by atoms with Crippen LogP contribution in [0.15, 0.2) is 36.4 Å². The van der Waals surface area contributed by atoms with E-state index in [1.807, 2.05) is 24.3 Å². The summed E-state index contributed by atoms with van der Waals surface area (Å²) in [6, 6.07) is 12.2. The van der Waals surface area contributed by atoms with Gasteiger partial charge < -0.3 is 9.64 Å². The van der Waals surface area contributed by atoms with Gasteiger partial charge in [-0.15, -0.1) is 0 Å². The largest absolute Gasteiger partial charge is 0.489 e. The fourth-order valence-corrected chi connectivity index (χ4v) is 3.11. The minimum absolute atomic E-state index is 0.0155. The summed E-state index contributed by atoms with van der Waals surface area (Å²) in [5.74, 6) is 0.901. The number of amides is 1. The van der Waals surface area contributed by atoms with Gasteiger partial charge in [-0.2, -0.15) is 0 Å². The number of anilines is 1. The van der Waals surface area contributed by atoms with Crippen molar-refractivity contribution in [3.63, 3.8) is 0 Å². The molecular formula is C20H25NO2S. The first kappa shape index (κ1) is 18.4. The summed E-state index contributed by atoms with van der Waals surface area (Å²) in [6.07, 6.45) is 2.82. The maximum absolute atomic E-state index is 12.0. The molecule has 0 aliphatic heterocycles. The molecular weight excluding hydrogens is 318 g/mol. The molecule has 0 saturated carbocycles. The lowest BCUT2D eigenvalue weighted by molar-refractivity contribution is 0.266. The third kappa shape index (κ3) is 4.12. The van der Waals surface area contributed by atoms with Crippen LogP contribution >= 0.6 is 11.8 Å². The average Bonchev–Trinajstić information content (AvgIpc) is 2.60. The number of hydrogen-bond donors (Lipinski definition) is 0. The van der Waals surface area contributed by atoms with Crippen LogP contribution in [0.25, 0.3) is 0 Å². The molecule has 0 saturated heterocycles. The third-order valence-corrected chi connectivity index (χ3v) is 4.82. The van der Waals surface area contributed by atoms with Crippen molar-refractivity contribution in [1.29, 1.82) is 0 Å². The Bertz CT molecular complexity index is 728. The van der Waals surface area contributed by atoms with Crippen LogP contribution in [0.2, 0.25) is 0 Å². The lowest BCUT2D eigenvalue weighted by atomic mass is 10.0. The Morgan fingerprint density at radius 1 is 1.12 bits per heavy atom. The van der Waals surface area contributed by atoms with Gasteiger partial charge in [-0.25, -0.2) is 0 Å². The summed E-state index contributed by atoms with van der Waals surface area (Å²) in [5, 5.41) is 0.0155. The van der Waals surface area contributed by atoms with Gasteiger partial charge in [0.05, 0.1) is 5.69 Å². The molecule has 0 heterocycles. The Hall–Kier alpha value is -1.94. The third-order valence-electron chi connectivity index (χ3n) is 4.20. The second kappa shape index (κ2) is 8.25. The van der Waals surface area contributed by atoms with Crippen molar-refractivity contribution >= 4 is 22.7 Å². The molecule has 0 unspecified atom stereocenters. The van der Waals surface area contributed by atoms with E-state index in [4.69, 9.17) is 4.74 Å². The van der Waals surface area contributed by atoms with Crippen molar-refractivity contribution in [3.05, 3.63) is 58.7 Å². The molecule has 0 aliphatic rings. The number of para-hydroxylation sites is 1. The highest BCUT2D eigenvalue weighted by Gasteiger charge is 2.14. The second-order valence-corrected chi connectivity index (χ2v) is 6.60. The van der Waals surface area contributed by atoms with Gasteiger partial charge in [0.25, 0.3) is 5.24 Å². The summed E-state index contributed by atoms with van der Waals surface area (Å²) < 4.78 is 6.06. The Morgan fingerprint density at radius 3 is 2.50 bits per heavy atom. The van der Waals surface area contributed by atoms with Crippen LogP contribution in [0.3, 0.4) is 0 Å². The number of rotatable bonds is 5. The van der Waals surface area contributed by atoms with Gasteiger partial charge in [-0.1, -0.05) is 43.0 Å². The maximum Gasteiger partial charge on any atom is 0.285 e. The number of benzene rings is 2. The highest BCUT2D eigenvalue weighted by atomic mass is 32.2. The molecule has 0 atom stereocenters. The molecule has 24 heavy (non-hydrogen) atoms. The quantitative estimate of drug-likeness (QED) is 0.731. The van der Waals surface area contributed by atoms with Gasteiger partial charge in [-0.05, 0) is 55.3 Å². The molecule has 2 aromatic carbocycles. The molecule has 0 bridgehead atoms. The van der Waals surface area contributed by atoms with Crippen LogP contribution in [0.4, 0.5) is 10.5 Å². The van der Waals surface area contributed by atoms with E-state index in [0.29, 0.717) is 6.61 Å². The molecule has 0 aliphatic carbocycles. The summed E-state index contributed by atoms with van der Waals surface area (Å²) in [6.45, 7) is 6.79. The van der Waals surface area contributed by atoms with Crippen molar-refractivity contribution in [2.45, 2.75) is 33.8 Å². The normalized spacial score (nSPS) is 10.5. The minimum atomic E-state index is 0.0155. The zero-order valence-electron chi connectivity index (χ0n) is 15.1. The Kier molecular flexibility index (Phi) is 6.32. The minimum Gasteiger partial charge on any atom is -0.489 e. The number of carbonyl (C=O) groups is 1. The topological polar surface area (TPSA) is 29.5 Å². The Morgan fingerprint density at radius 2 is 1.83 bits per heavy atom. The Balaban J connectivity index is 2.21. The van der Waals surface area contributed by atoms with E-state index in [1.165, 1.54) is 22.9 Å². The van der Waals surface area contributed by atoms with Gasteiger partial charge in [-0.3, -0.25) is 4.79 Å². The van der Waals surface area contributed by atoms with E-state index in [-0.39, 0.29) is 5.24 Å². The lowest BCUT2D eigenvalue weighted by Crippen LogP contribution is -2.23. The van der Waals surface area contributed by atoms with E-state index < -0.39 is 0 Å². The van der Waals surface area contributed by atoms with E-state index in [0.717, 1.165) is 29.0 Å². The van der Waals surface area contributed by atoms with E-state index in [2.05, 4.69) is 32.9 Å². The van der Waals surface area contributed by atoms with Gasteiger partial charge in [0.15, 0.2) is 0 Å². The SMILES string of the molecule is CCc1cc(C)c(OCc2ccccc2N(C)C(=O)SC)cc1C. The fourth-order valence-electron chi connectivity index (χ4n) is 2.74. The predicted octanol–water partition coefficient (Wildman–Crippen LogP) is 5.36. The number of thioether (sulfide) groups is 1. The maximum atomic E-state index is 12.0. The molecule has 4 heteroatoms. The van der Waals surface area contributed by atoms with E-state index in [9.17, 15) is 4.79 Å². The van der Waals surface area contributed by atoms with Gasteiger partial charge in [0.1, 0.15) is 12.4 Å². The van der Waals surface area contributed by atoms with Gasteiger partial charge >= 0.3 is 0 Å². The van der Waals surface area contributed by atoms with Crippen LogP contribution in [0.5, 0.6) is 5.75 Å². The fraction of sp³-hybridized carbons (Fsp3) is 0.350. The lowest BCUT2D eigenvalue weighted by Gasteiger charge is -2.20. The molecule has 2 aromatic rings. The number of ether oxygens (including phenoxy) is 1. The zero-order chi connectivity index (χ0) is 17.7. The van der Waals surface area contributed by atoms with E-state index in [1.54, 1.807) is 18.2 Å². The summed E-state index contributed by atoms with van der Waals surface area (Å²) >= 11 is 1.21. The molecule has 128 valence electrons. The predicted molar refractivity (Wildman–Crippen MR) is 103 cm³/mol. The van der Waals surface area contributed by atoms with E-state index >= 15 is 0 Å². The van der Waals surface area contributed by atoms with Crippen molar-refractivity contribution in [3.8, 4) is 5.75 Å². The van der Waals surface area contributed by atoms with Crippen molar-refractivity contribution in [2.24, 2.45) is 0 Å². The molecule has 0 fully saturated rings. The summed E-state index contributed by atoms with van der Waals surface area (Å²) in [7, 11) is 1.79. The van der Waals surface area contributed by atoms with Crippen LogP contribution in [0, 0.1) is 13.8 Å². The van der Waals surface area contributed by atoms with Gasteiger partial charge in [0, 0.05) is 12.6 Å². The first-order valence-electron chi connectivity index (χ1n) is 8.10. The molecule has 0 aromatic heterocycles. The first-order valence-corrected chi connectivity index (χ1v) is 9.32. The number of hydrogen-bond acceptors (Lipinski definition) is 3. The molecule has 0 N–H and O–H groups in total. The zero-order valence-corrected chi connectivity index (χ0v) is 15.9. The van der Waals surface area contributed by atoms with Crippen LogP contribution in [0.1, 0.15) is 29.2 Å². The highest BCUT2D eigenvalue weighted by molar-refractivity contribution is 8.13. The monoisotopic (exact) mass is 343 g/mol. The molecule has 0 spiro atoms. The number of aryl methyl sites for hydroxylation is 3. The summed E-state index contributed by atoms with van der Waals surface area (Å²) in [5.41, 5.74) is 5.63. The number of carbonyl (C=O) groups excluding carboxylic acids is 1. The van der Waals surface area contributed by atoms with Crippen molar-refractivity contribution in [2.75, 3.05) is 18.2 Å². The van der Waals surface area contributed by atoms with Crippen molar-refractivity contribution in [1.82, 2.24) is 0 Å². The first-order chi connectivity index (χ1) is 11.5. The number of nitrogens with zero attached hydrogens (tertiary/aromatic N) is 1.